The number of hydrogen-bond donors (Lipinski definition) is 2. The maximum atomic E-state index is 12.8. The number of carbonyl (C=O) groups is 1. The number of amides is 1. The lowest BCUT2D eigenvalue weighted by atomic mass is 10.1. The van der Waals surface area contributed by atoms with Crippen molar-refractivity contribution < 1.29 is 9.18 Å². The molecule has 116 valence electrons. The summed E-state index contributed by atoms with van der Waals surface area (Å²) in [6.07, 6.45) is 0.424. The van der Waals surface area contributed by atoms with Crippen LogP contribution in [0.1, 0.15) is 23.1 Å². The molecule has 0 atom stereocenters. The summed E-state index contributed by atoms with van der Waals surface area (Å²) in [4.78, 5) is 11.7. The Kier molecular flexibility index (Phi) is 6.10. The lowest BCUT2D eigenvalue weighted by Gasteiger charge is -2.07. The molecule has 2 aromatic rings. The Balaban J connectivity index is 1.61. The van der Waals surface area contributed by atoms with Gasteiger partial charge < -0.3 is 10.6 Å². The third-order valence-corrected chi connectivity index (χ3v) is 3.38. The second kappa shape index (κ2) is 8.29. The molecule has 3 nitrogen and oxygen atoms in total. The summed E-state index contributed by atoms with van der Waals surface area (Å²) in [5.74, 6) is -0.281. The minimum Gasteiger partial charge on any atom is -0.352 e. The van der Waals surface area contributed by atoms with Gasteiger partial charge in [-0.1, -0.05) is 42.0 Å². The fourth-order valence-electron chi connectivity index (χ4n) is 2.03. The number of rotatable bonds is 7. The fraction of sp³-hybridized carbons (Fsp3) is 0.278. The Hall–Kier alpha value is -2.20. The lowest BCUT2D eigenvalue weighted by Crippen LogP contribution is -2.27. The van der Waals surface area contributed by atoms with E-state index in [2.05, 4.69) is 41.8 Å². The van der Waals surface area contributed by atoms with Gasteiger partial charge in [-0.3, -0.25) is 4.79 Å². The van der Waals surface area contributed by atoms with Crippen LogP contribution < -0.4 is 10.6 Å². The SMILES string of the molecule is Cc1ccc(CNCCC(=O)NCc2ccc(F)cc2)cc1. The van der Waals surface area contributed by atoms with Gasteiger partial charge in [0, 0.05) is 26.1 Å². The molecule has 0 aliphatic rings. The first-order chi connectivity index (χ1) is 10.6. The minimum absolute atomic E-state index is 0.0132. The smallest absolute Gasteiger partial charge is 0.221 e. The molecule has 0 aliphatic heterocycles. The normalized spacial score (nSPS) is 10.5. The second-order valence-corrected chi connectivity index (χ2v) is 5.32. The van der Waals surface area contributed by atoms with Gasteiger partial charge in [0.15, 0.2) is 0 Å². The first-order valence-corrected chi connectivity index (χ1v) is 7.41. The minimum atomic E-state index is -0.268. The maximum Gasteiger partial charge on any atom is 0.221 e. The number of nitrogens with one attached hydrogen (secondary N) is 2. The van der Waals surface area contributed by atoms with Crippen molar-refractivity contribution >= 4 is 5.91 Å². The van der Waals surface area contributed by atoms with Gasteiger partial charge in [0.25, 0.3) is 0 Å². The Morgan fingerprint density at radius 3 is 2.23 bits per heavy atom. The Bertz CT molecular complexity index is 593. The van der Waals surface area contributed by atoms with Crippen molar-refractivity contribution in [2.75, 3.05) is 6.54 Å². The molecule has 0 bridgehead atoms. The van der Waals surface area contributed by atoms with Gasteiger partial charge in [-0.2, -0.15) is 0 Å². The molecule has 1 amide bonds. The number of halogens is 1. The van der Waals surface area contributed by atoms with Gasteiger partial charge in [-0.05, 0) is 30.2 Å². The molecular weight excluding hydrogens is 279 g/mol. The van der Waals surface area contributed by atoms with Gasteiger partial charge in [-0.25, -0.2) is 4.39 Å². The van der Waals surface area contributed by atoms with E-state index in [0.717, 1.165) is 12.1 Å². The first kappa shape index (κ1) is 16.2. The number of benzene rings is 2. The molecule has 0 aliphatic carbocycles. The number of aryl methyl sites for hydroxylation is 1. The van der Waals surface area contributed by atoms with Crippen LogP contribution in [0.2, 0.25) is 0 Å². The molecule has 2 N–H and O–H groups in total. The third-order valence-electron chi connectivity index (χ3n) is 3.38. The summed E-state index contributed by atoms with van der Waals surface area (Å²) >= 11 is 0. The van der Waals surface area contributed by atoms with E-state index in [0.29, 0.717) is 19.5 Å². The molecule has 2 rings (SSSR count). The highest BCUT2D eigenvalue weighted by molar-refractivity contribution is 5.76. The van der Waals surface area contributed by atoms with E-state index in [1.807, 2.05) is 0 Å². The summed E-state index contributed by atoms with van der Waals surface area (Å²) in [6.45, 7) is 3.87. The molecule has 0 saturated heterocycles. The summed E-state index contributed by atoms with van der Waals surface area (Å²) in [5.41, 5.74) is 3.34. The van der Waals surface area contributed by atoms with Crippen molar-refractivity contribution in [3.05, 3.63) is 71.0 Å². The zero-order chi connectivity index (χ0) is 15.8. The van der Waals surface area contributed by atoms with E-state index in [-0.39, 0.29) is 11.7 Å². The van der Waals surface area contributed by atoms with Crippen molar-refractivity contribution in [1.29, 1.82) is 0 Å². The molecule has 0 spiro atoms. The molecular formula is C18H21FN2O. The van der Waals surface area contributed by atoms with Gasteiger partial charge in [-0.15, -0.1) is 0 Å². The zero-order valence-electron chi connectivity index (χ0n) is 12.7. The average molecular weight is 300 g/mol. The van der Waals surface area contributed by atoms with E-state index >= 15 is 0 Å². The highest BCUT2D eigenvalue weighted by atomic mass is 19.1. The van der Waals surface area contributed by atoms with Gasteiger partial charge in [0.1, 0.15) is 5.82 Å². The third kappa shape index (κ3) is 5.66. The van der Waals surface area contributed by atoms with Gasteiger partial charge >= 0.3 is 0 Å². The van der Waals surface area contributed by atoms with Crippen LogP contribution in [0.15, 0.2) is 48.5 Å². The fourth-order valence-corrected chi connectivity index (χ4v) is 2.03. The highest BCUT2D eigenvalue weighted by Crippen LogP contribution is 2.03. The predicted octanol–water partition coefficient (Wildman–Crippen LogP) is 2.93. The zero-order valence-corrected chi connectivity index (χ0v) is 12.7. The van der Waals surface area contributed by atoms with Crippen molar-refractivity contribution in [3.8, 4) is 0 Å². The molecule has 0 heterocycles. The highest BCUT2D eigenvalue weighted by Gasteiger charge is 2.01. The average Bonchev–Trinajstić information content (AvgIpc) is 2.53. The van der Waals surface area contributed by atoms with E-state index in [1.165, 1.54) is 23.3 Å². The molecule has 4 heteroatoms. The van der Waals surface area contributed by atoms with Gasteiger partial charge in [0.2, 0.25) is 5.91 Å². The van der Waals surface area contributed by atoms with E-state index in [1.54, 1.807) is 12.1 Å². The van der Waals surface area contributed by atoms with Crippen molar-refractivity contribution in [3.63, 3.8) is 0 Å². The van der Waals surface area contributed by atoms with Crippen LogP contribution in [0.25, 0.3) is 0 Å². The van der Waals surface area contributed by atoms with E-state index in [9.17, 15) is 9.18 Å². The van der Waals surface area contributed by atoms with Crippen LogP contribution in [0, 0.1) is 12.7 Å². The molecule has 0 aromatic heterocycles. The van der Waals surface area contributed by atoms with Crippen LogP contribution >= 0.6 is 0 Å². The first-order valence-electron chi connectivity index (χ1n) is 7.41. The molecule has 0 radical (unpaired) electrons. The number of hydrogen-bond acceptors (Lipinski definition) is 2. The van der Waals surface area contributed by atoms with E-state index < -0.39 is 0 Å². The van der Waals surface area contributed by atoms with Crippen LogP contribution in [-0.2, 0) is 17.9 Å². The summed E-state index contributed by atoms with van der Waals surface area (Å²) < 4.78 is 12.8. The molecule has 0 fully saturated rings. The number of carbonyl (C=O) groups excluding carboxylic acids is 1. The second-order valence-electron chi connectivity index (χ2n) is 5.32. The maximum absolute atomic E-state index is 12.8. The topological polar surface area (TPSA) is 41.1 Å². The molecule has 0 unspecified atom stereocenters. The quantitative estimate of drug-likeness (QED) is 0.772. The summed E-state index contributed by atoms with van der Waals surface area (Å²) in [6, 6.07) is 14.4. The van der Waals surface area contributed by atoms with Gasteiger partial charge in [0.05, 0.1) is 0 Å². The van der Waals surface area contributed by atoms with Crippen LogP contribution in [0.5, 0.6) is 0 Å². The Morgan fingerprint density at radius 2 is 1.55 bits per heavy atom. The monoisotopic (exact) mass is 300 g/mol. The summed E-state index contributed by atoms with van der Waals surface area (Å²) in [5, 5.41) is 6.07. The summed E-state index contributed by atoms with van der Waals surface area (Å²) in [7, 11) is 0. The predicted molar refractivity (Wildman–Crippen MR) is 85.7 cm³/mol. The standard InChI is InChI=1S/C18H21FN2O/c1-14-2-4-15(5-3-14)12-20-11-10-18(22)21-13-16-6-8-17(19)9-7-16/h2-9,20H,10-13H2,1H3,(H,21,22). The molecule has 0 saturated carbocycles. The van der Waals surface area contributed by atoms with E-state index in [4.69, 9.17) is 0 Å². The molecule has 2 aromatic carbocycles. The lowest BCUT2D eigenvalue weighted by molar-refractivity contribution is -0.121. The van der Waals surface area contributed by atoms with Crippen molar-refractivity contribution in [1.82, 2.24) is 10.6 Å². The Morgan fingerprint density at radius 1 is 0.955 bits per heavy atom. The van der Waals surface area contributed by atoms with Crippen LogP contribution in [0.4, 0.5) is 4.39 Å². The largest absolute Gasteiger partial charge is 0.352 e. The Labute approximate surface area is 130 Å². The van der Waals surface area contributed by atoms with Crippen molar-refractivity contribution in [2.45, 2.75) is 26.4 Å². The van der Waals surface area contributed by atoms with Crippen molar-refractivity contribution in [2.24, 2.45) is 0 Å². The molecule has 22 heavy (non-hydrogen) atoms. The van der Waals surface area contributed by atoms with Crippen LogP contribution in [0.3, 0.4) is 0 Å². The van der Waals surface area contributed by atoms with Crippen LogP contribution in [-0.4, -0.2) is 12.5 Å².